The Morgan fingerprint density at radius 2 is 1.95 bits per heavy atom. The minimum Gasteiger partial charge on any atom is -0.480 e. The molecule has 20 heavy (non-hydrogen) atoms. The van der Waals surface area contributed by atoms with E-state index in [1.165, 1.54) is 31.0 Å². The number of nitrogens with zero attached hydrogens (tertiary/aromatic N) is 1. The van der Waals surface area contributed by atoms with E-state index in [0.717, 1.165) is 25.2 Å². The Kier molecular flexibility index (Phi) is 4.21. The number of fused-ring (bicyclic) bond motifs is 1. The molecule has 1 amide bonds. The molecule has 2 N–H and O–H groups in total. The molecule has 6 heteroatoms. The van der Waals surface area contributed by atoms with Gasteiger partial charge in [0.1, 0.15) is 6.04 Å². The number of rotatable bonds is 2. The number of hydrogen-bond donors (Lipinski definition) is 2. The van der Waals surface area contributed by atoms with E-state index in [-0.39, 0.29) is 11.9 Å². The average Bonchev–Trinajstić information content (AvgIpc) is 2.95. The van der Waals surface area contributed by atoms with E-state index in [2.05, 4.69) is 5.32 Å². The smallest absolute Gasteiger partial charge is 0.327 e. The molecule has 2 saturated heterocycles. The van der Waals surface area contributed by atoms with E-state index in [9.17, 15) is 14.7 Å². The molecule has 1 aliphatic carbocycles. The first-order valence-electron chi connectivity index (χ1n) is 7.54. The van der Waals surface area contributed by atoms with Crippen LogP contribution in [0, 0.1) is 5.92 Å². The Morgan fingerprint density at radius 3 is 2.75 bits per heavy atom. The van der Waals surface area contributed by atoms with Gasteiger partial charge < -0.3 is 15.3 Å². The monoisotopic (exact) mass is 298 g/mol. The molecule has 0 aromatic heterocycles. The van der Waals surface area contributed by atoms with Gasteiger partial charge in [-0.25, -0.2) is 4.79 Å². The summed E-state index contributed by atoms with van der Waals surface area (Å²) in [4.78, 5) is 25.3. The van der Waals surface area contributed by atoms with Crippen LogP contribution < -0.4 is 5.32 Å². The van der Waals surface area contributed by atoms with Gasteiger partial charge in [0.15, 0.2) is 0 Å². The summed E-state index contributed by atoms with van der Waals surface area (Å²) in [5, 5.41) is 12.7. The fourth-order valence-corrected chi connectivity index (χ4v) is 4.91. The molecule has 4 unspecified atom stereocenters. The highest BCUT2D eigenvalue weighted by atomic mass is 32.2. The molecule has 0 radical (unpaired) electrons. The summed E-state index contributed by atoms with van der Waals surface area (Å²) in [6, 6.07) is -0.349. The Hall–Kier alpha value is -0.750. The Labute approximate surface area is 123 Å². The summed E-state index contributed by atoms with van der Waals surface area (Å²) in [5.74, 6) is 0.860. The summed E-state index contributed by atoms with van der Waals surface area (Å²) in [6.07, 6.45) is 6.94. The van der Waals surface area contributed by atoms with Crippen molar-refractivity contribution in [2.75, 3.05) is 11.6 Å². The number of aliphatic carboxylic acids is 1. The molecule has 3 fully saturated rings. The zero-order valence-corrected chi connectivity index (χ0v) is 12.4. The van der Waals surface area contributed by atoms with Gasteiger partial charge in [0.05, 0.1) is 11.9 Å². The van der Waals surface area contributed by atoms with Crippen LogP contribution in [0.4, 0.5) is 0 Å². The third kappa shape index (κ3) is 2.68. The summed E-state index contributed by atoms with van der Waals surface area (Å²) < 4.78 is 0. The summed E-state index contributed by atoms with van der Waals surface area (Å²) in [5.41, 5.74) is 0. The largest absolute Gasteiger partial charge is 0.480 e. The zero-order chi connectivity index (χ0) is 14.1. The number of nitrogens with one attached hydrogen (secondary N) is 1. The number of amides is 1. The van der Waals surface area contributed by atoms with Gasteiger partial charge in [-0.05, 0) is 31.6 Å². The Balaban J connectivity index is 1.64. The highest BCUT2D eigenvalue weighted by Gasteiger charge is 2.41. The lowest BCUT2D eigenvalue weighted by Crippen LogP contribution is -2.57. The second-order valence-electron chi connectivity index (χ2n) is 6.11. The Morgan fingerprint density at radius 1 is 1.15 bits per heavy atom. The second kappa shape index (κ2) is 5.93. The fourth-order valence-electron chi connectivity index (χ4n) is 3.75. The van der Waals surface area contributed by atoms with Gasteiger partial charge in [-0.3, -0.25) is 4.79 Å². The predicted octanol–water partition coefficient (Wildman–Crippen LogP) is 1.28. The van der Waals surface area contributed by atoms with Gasteiger partial charge >= 0.3 is 5.97 Å². The van der Waals surface area contributed by atoms with Crippen molar-refractivity contribution in [2.45, 2.75) is 56.7 Å². The maximum absolute atomic E-state index is 12.6. The normalized spacial score (nSPS) is 37.5. The Bertz CT molecular complexity index is 404. The molecule has 112 valence electrons. The molecular formula is C14H22N2O3S. The van der Waals surface area contributed by atoms with Crippen LogP contribution in [-0.4, -0.2) is 51.6 Å². The molecular weight excluding hydrogens is 276 g/mol. The first-order valence-corrected chi connectivity index (χ1v) is 8.69. The number of carbonyl (C=O) groups excluding carboxylic acids is 1. The van der Waals surface area contributed by atoms with Crippen LogP contribution in [0.3, 0.4) is 0 Å². The van der Waals surface area contributed by atoms with E-state index < -0.39 is 12.0 Å². The predicted molar refractivity (Wildman–Crippen MR) is 77.5 cm³/mol. The number of carbonyl (C=O) groups is 2. The summed E-state index contributed by atoms with van der Waals surface area (Å²) in [7, 11) is 0. The summed E-state index contributed by atoms with van der Waals surface area (Å²) in [6.45, 7) is 0. The van der Waals surface area contributed by atoms with Crippen molar-refractivity contribution in [3.05, 3.63) is 0 Å². The van der Waals surface area contributed by atoms with Crippen LogP contribution in [-0.2, 0) is 9.59 Å². The first-order chi connectivity index (χ1) is 9.66. The van der Waals surface area contributed by atoms with E-state index in [4.69, 9.17) is 0 Å². The van der Waals surface area contributed by atoms with Crippen LogP contribution in [0.15, 0.2) is 0 Å². The van der Waals surface area contributed by atoms with Gasteiger partial charge in [-0.15, -0.1) is 11.8 Å². The van der Waals surface area contributed by atoms with Crippen LogP contribution >= 0.6 is 11.8 Å². The lowest BCUT2D eigenvalue weighted by molar-refractivity contribution is -0.149. The molecule has 3 rings (SSSR count). The molecule has 2 heterocycles. The first kappa shape index (κ1) is 14.2. The van der Waals surface area contributed by atoms with Gasteiger partial charge in [0, 0.05) is 11.8 Å². The molecule has 0 aromatic carbocycles. The molecule has 0 spiro atoms. The van der Waals surface area contributed by atoms with Crippen LogP contribution in [0.1, 0.15) is 38.5 Å². The van der Waals surface area contributed by atoms with Crippen molar-refractivity contribution in [1.29, 1.82) is 0 Å². The highest BCUT2D eigenvalue weighted by Crippen LogP contribution is 2.33. The topological polar surface area (TPSA) is 69.6 Å². The number of piperidine rings is 1. The van der Waals surface area contributed by atoms with Crippen LogP contribution in [0.25, 0.3) is 0 Å². The number of thioether (sulfide) groups is 1. The third-order valence-corrected chi connectivity index (χ3v) is 5.91. The van der Waals surface area contributed by atoms with Gasteiger partial charge in [0.25, 0.3) is 0 Å². The molecule has 2 aliphatic heterocycles. The van der Waals surface area contributed by atoms with E-state index in [1.54, 1.807) is 4.90 Å². The van der Waals surface area contributed by atoms with Crippen LogP contribution in [0.2, 0.25) is 0 Å². The second-order valence-corrected chi connectivity index (χ2v) is 7.11. The molecule has 3 aliphatic rings. The maximum atomic E-state index is 12.6. The van der Waals surface area contributed by atoms with Crippen molar-refractivity contribution >= 4 is 23.6 Å². The molecule has 0 bridgehead atoms. The van der Waals surface area contributed by atoms with E-state index in [1.807, 2.05) is 0 Å². The van der Waals surface area contributed by atoms with Crippen molar-refractivity contribution in [3.8, 4) is 0 Å². The van der Waals surface area contributed by atoms with E-state index in [0.29, 0.717) is 17.7 Å². The van der Waals surface area contributed by atoms with Crippen molar-refractivity contribution in [1.82, 2.24) is 10.2 Å². The minimum absolute atomic E-state index is 0.00794. The fraction of sp³-hybridized carbons (Fsp3) is 0.857. The quantitative estimate of drug-likeness (QED) is 0.804. The number of carboxylic acids is 1. The lowest BCUT2D eigenvalue weighted by Gasteiger charge is -2.41. The highest BCUT2D eigenvalue weighted by molar-refractivity contribution is 7.99. The molecule has 0 aromatic rings. The molecule has 1 saturated carbocycles. The number of hydrogen-bond acceptors (Lipinski definition) is 4. The van der Waals surface area contributed by atoms with Crippen LogP contribution in [0.5, 0.6) is 0 Å². The van der Waals surface area contributed by atoms with Gasteiger partial charge in [0.2, 0.25) is 5.91 Å². The average molecular weight is 298 g/mol. The van der Waals surface area contributed by atoms with Gasteiger partial charge in [-0.2, -0.15) is 0 Å². The van der Waals surface area contributed by atoms with Crippen molar-refractivity contribution in [2.24, 2.45) is 5.92 Å². The maximum Gasteiger partial charge on any atom is 0.327 e. The molecule has 5 nitrogen and oxygen atoms in total. The SMILES string of the molecule is O=C(O)C1CSCN1C(=O)C1CCC2CCCCC2N1. The van der Waals surface area contributed by atoms with E-state index >= 15 is 0 Å². The van der Waals surface area contributed by atoms with Crippen molar-refractivity contribution < 1.29 is 14.7 Å². The standard InChI is InChI=1S/C14H22N2O3S/c17-13(16-8-20-7-12(16)14(18)19)11-6-5-9-3-1-2-4-10(9)15-11/h9-12,15H,1-8H2,(H,18,19). The molecule has 4 atom stereocenters. The van der Waals surface area contributed by atoms with Gasteiger partial charge in [-0.1, -0.05) is 12.8 Å². The van der Waals surface area contributed by atoms with Crippen molar-refractivity contribution in [3.63, 3.8) is 0 Å². The number of carboxylic acid groups (broad SMARTS) is 1. The minimum atomic E-state index is -0.880. The summed E-state index contributed by atoms with van der Waals surface area (Å²) >= 11 is 1.53. The third-order valence-electron chi connectivity index (χ3n) is 4.90. The zero-order valence-electron chi connectivity index (χ0n) is 11.6. The lowest BCUT2D eigenvalue weighted by atomic mass is 9.77.